The number of hydrogen-bond acceptors (Lipinski definition) is 5. The molecule has 2 heterocycles. The van der Waals surface area contributed by atoms with Crippen LogP contribution in [0.3, 0.4) is 0 Å². The minimum atomic E-state index is -1.17. The van der Waals surface area contributed by atoms with E-state index < -0.39 is 16.8 Å². The molecule has 0 bridgehead atoms. The normalized spacial score (nSPS) is 40.9. The number of rotatable bonds is 0. The number of epoxide rings is 1. The molecular formula is C20H34O5. The van der Waals surface area contributed by atoms with E-state index in [9.17, 15) is 14.7 Å². The van der Waals surface area contributed by atoms with Crippen LogP contribution in [0.25, 0.3) is 0 Å². The summed E-state index contributed by atoms with van der Waals surface area (Å²) in [6.07, 6.45) is 4.60. The van der Waals surface area contributed by atoms with E-state index in [1.54, 1.807) is 0 Å². The van der Waals surface area contributed by atoms with Crippen LogP contribution in [0, 0.1) is 17.3 Å². The highest BCUT2D eigenvalue weighted by Crippen LogP contribution is 2.51. The van der Waals surface area contributed by atoms with Crippen molar-refractivity contribution in [3.8, 4) is 0 Å². The number of fused-ring (bicyclic) bond motifs is 1. The van der Waals surface area contributed by atoms with Gasteiger partial charge in [0, 0.05) is 24.2 Å². The van der Waals surface area contributed by atoms with E-state index in [4.69, 9.17) is 9.47 Å². The van der Waals surface area contributed by atoms with Gasteiger partial charge in [0.2, 0.25) is 0 Å². The molecule has 0 radical (unpaired) electrons. The van der Waals surface area contributed by atoms with Crippen molar-refractivity contribution < 1.29 is 24.2 Å². The van der Waals surface area contributed by atoms with Crippen molar-refractivity contribution in [1.29, 1.82) is 0 Å². The highest BCUT2D eigenvalue weighted by atomic mass is 16.8. The first-order valence-corrected chi connectivity index (χ1v) is 9.62. The first kappa shape index (κ1) is 20.4. The quantitative estimate of drug-likeness (QED) is 0.531. The molecule has 4 atom stereocenters. The summed E-state index contributed by atoms with van der Waals surface area (Å²) in [5.74, 6) is -0.830. The topological polar surface area (TPSA) is 76.1 Å². The molecule has 0 saturated carbocycles. The zero-order valence-electron chi connectivity index (χ0n) is 16.4. The van der Waals surface area contributed by atoms with Crippen LogP contribution in [0.2, 0.25) is 0 Å². The van der Waals surface area contributed by atoms with Gasteiger partial charge in [-0.3, -0.25) is 9.59 Å². The van der Waals surface area contributed by atoms with Gasteiger partial charge in [0.1, 0.15) is 11.4 Å². The lowest BCUT2D eigenvalue weighted by Crippen LogP contribution is -2.32. The second-order valence-corrected chi connectivity index (χ2v) is 8.97. The van der Waals surface area contributed by atoms with Gasteiger partial charge in [-0.2, -0.15) is 0 Å². The predicted octanol–water partition coefficient (Wildman–Crippen LogP) is 3.62. The van der Waals surface area contributed by atoms with Crippen LogP contribution in [0.5, 0.6) is 0 Å². The molecule has 4 unspecified atom stereocenters. The Hall–Kier alpha value is -0.940. The Labute approximate surface area is 151 Å². The number of carbonyl (C=O) groups excluding carboxylic acids is 2. The summed E-state index contributed by atoms with van der Waals surface area (Å²) in [6.45, 7) is 10.1. The molecule has 0 aromatic heterocycles. The largest absolute Gasteiger partial charge is 0.465 e. The molecule has 2 aliphatic rings. The Balaban J connectivity index is 2.04. The van der Waals surface area contributed by atoms with Gasteiger partial charge in [-0.05, 0) is 32.1 Å². The number of carbonyl (C=O) groups is 2. The zero-order valence-corrected chi connectivity index (χ0v) is 16.4. The smallest absolute Gasteiger partial charge is 0.305 e. The standard InChI is InChI=1S/C20H34O5/c1-14-7-6-9-19(5)20(23,25-19)11-12-24-16(21)8-10-18(3,4)17(22)15(2)13-14/h14-15,23H,6-13H2,1-5H3. The van der Waals surface area contributed by atoms with E-state index in [0.717, 1.165) is 25.7 Å². The zero-order chi connectivity index (χ0) is 18.9. The Bertz CT molecular complexity index is 514. The van der Waals surface area contributed by atoms with Crippen LogP contribution in [-0.2, 0) is 19.1 Å². The first-order valence-electron chi connectivity index (χ1n) is 9.62. The highest BCUT2D eigenvalue weighted by molar-refractivity contribution is 5.86. The Morgan fingerprint density at radius 2 is 1.76 bits per heavy atom. The van der Waals surface area contributed by atoms with Gasteiger partial charge in [0.25, 0.3) is 0 Å². The van der Waals surface area contributed by atoms with Gasteiger partial charge >= 0.3 is 5.97 Å². The maximum absolute atomic E-state index is 12.8. The molecule has 0 aromatic rings. The maximum Gasteiger partial charge on any atom is 0.305 e. The molecule has 5 heteroatoms. The molecule has 144 valence electrons. The van der Waals surface area contributed by atoms with Crippen LogP contribution >= 0.6 is 0 Å². The molecule has 0 spiro atoms. The van der Waals surface area contributed by atoms with E-state index in [-0.39, 0.29) is 30.7 Å². The third-order valence-electron chi connectivity index (χ3n) is 6.06. The van der Waals surface area contributed by atoms with Crippen LogP contribution in [0.4, 0.5) is 0 Å². The van der Waals surface area contributed by atoms with Crippen molar-refractivity contribution in [3.05, 3.63) is 0 Å². The summed E-state index contributed by atoms with van der Waals surface area (Å²) in [7, 11) is 0. The molecule has 0 aliphatic carbocycles. The second kappa shape index (κ2) is 7.36. The highest BCUT2D eigenvalue weighted by Gasteiger charge is 2.65. The van der Waals surface area contributed by atoms with Gasteiger partial charge in [-0.15, -0.1) is 0 Å². The van der Waals surface area contributed by atoms with E-state index in [0.29, 0.717) is 18.8 Å². The van der Waals surface area contributed by atoms with E-state index in [2.05, 4.69) is 6.92 Å². The van der Waals surface area contributed by atoms with Crippen LogP contribution in [0.1, 0.15) is 79.6 Å². The fraction of sp³-hybridized carbons (Fsp3) is 0.900. The monoisotopic (exact) mass is 354 g/mol. The van der Waals surface area contributed by atoms with Gasteiger partial charge < -0.3 is 14.6 Å². The van der Waals surface area contributed by atoms with Gasteiger partial charge in [-0.1, -0.05) is 40.5 Å². The first-order chi connectivity index (χ1) is 11.5. The molecule has 2 saturated heterocycles. The average Bonchev–Trinajstić information content (AvgIpc) is 3.04. The van der Waals surface area contributed by atoms with Gasteiger partial charge in [0.05, 0.1) is 6.61 Å². The lowest BCUT2D eigenvalue weighted by molar-refractivity contribution is -0.146. The number of cyclic esters (lactones) is 1. The second-order valence-electron chi connectivity index (χ2n) is 8.97. The number of ketones is 1. The Morgan fingerprint density at radius 1 is 1.08 bits per heavy atom. The predicted molar refractivity (Wildman–Crippen MR) is 94.8 cm³/mol. The minimum absolute atomic E-state index is 0.0152. The van der Waals surface area contributed by atoms with Gasteiger partial charge in [0.15, 0.2) is 5.79 Å². The number of ether oxygens (including phenoxy) is 2. The summed E-state index contributed by atoms with van der Waals surface area (Å²) in [5, 5.41) is 10.5. The van der Waals surface area contributed by atoms with Crippen molar-refractivity contribution in [2.45, 2.75) is 91.0 Å². The molecule has 0 aromatic carbocycles. The van der Waals surface area contributed by atoms with Crippen LogP contribution < -0.4 is 0 Å². The SMILES string of the molecule is CC1CCCC2(C)OC2(O)CCOC(=O)CCC(C)(C)C(=O)C(C)C1. The number of aliphatic hydroxyl groups is 1. The summed E-state index contributed by atoms with van der Waals surface area (Å²) in [4.78, 5) is 24.7. The molecule has 0 amide bonds. The molecule has 1 N–H and O–H groups in total. The maximum atomic E-state index is 12.8. The molecule has 25 heavy (non-hydrogen) atoms. The summed E-state index contributed by atoms with van der Waals surface area (Å²) >= 11 is 0. The van der Waals surface area contributed by atoms with Crippen LogP contribution in [-0.4, -0.2) is 34.9 Å². The number of Topliss-reactive ketones (excluding diaryl/α,β-unsaturated/α-hetero) is 1. The van der Waals surface area contributed by atoms with Crippen molar-refractivity contribution in [3.63, 3.8) is 0 Å². The minimum Gasteiger partial charge on any atom is -0.465 e. The summed E-state index contributed by atoms with van der Waals surface area (Å²) in [5.41, 5.74) is -1.06. The summed E-state index contributed by atoms with van der Waals surface area (Å²) in [6, 6.07) is 0. The van der Waals surface area contributed by atoms with Crippen molar-refractivity contribution in [1.82, 2.24) is 0 Å². The number of esters is 1. The lowest BCUT2D eigenvalue weighted by atomic mass is 9.75. The molecule has 2 fully saturated rings. The van der Waals surface area contributed by atoms with Crippen molar-refractivity contribution in [2.75, 3.05) is 6.61 Å². The molecule has 2 aliphatic heterocycles. The third-order valence-corrected chi connectivity index (χ3v) is 6.06. The van der Waals surface area contributed by atoms with Crippen molar-refractivity contribution in [2.24, 2.45) is 17.3 Å². The Morgan fingerprint density at radius 3 is 2.44 bits per heavy atom. The fourth-order valence-corrected chi connectivity index (χ4v) is 4.11. The van der Waals surface area contributed by atoms with Crippen molar-refractivity contribution >= 4 is 11.8 Å². The van der Waals surface area contributed by atoms with E-state index in [1.807, 2.05) is 27.7 Å². The van der Waals surface area contributed by atoms with Gasteiger partial charge in [-0.25, -0.2) is 0 Å². The third kappa shape index (κ3) is 4.82. The number of hydrogen-bond donors (Lipinski definition) is 1. The van der Waals surface area contributed by atoms with E-state index in [1.165, 1.54) is 0 Å². The average molecular weight is 354 g/mol. The molecular weight excluding hydrogens is 320 g/mol. The lowest BCUT2D eigenvalue weighted by Gasteiger charge is -2.28. The summed E-state index contributed by atoms with van der Waals surface area (Å²) < 4.78 is 10.8. The molecule has 5 nitrogen and oxygen atoms in total. The van der Waals surface area contributed by atoms with Crippen LogP contribution in [0.15, 0.2) is 0 Å². The van der Waals surface area contributed by atoms with E-state index >= 15 is 0 Å². The Kier molecular flexibility index (Phi) is 5.99. The fourth-order valence-electron chi connectivity index (χ4n) is 4.11. The molecule has 2 rings (SSSR count).